The molecule has 164 valence electrons. The van der Waals surface area contributed by atoms with E-state index in [-0.39, 0.29) is 29.4 Å². The molecule has 6 heteroatoms. The minimum Gasteiger partial charge on any atom is -0.504 e. The van der Waals surface area contributed by atoms with Crippen LogP contribution in [0.25, 0.3) is 0 Å². The average molecular weight is 434 g/mol. The Balaban J connectivity index is 0.00000193. The Kier molecular flexibility index (Phi) is 4.98. The Morgan fingerprint density at radius 2 is 2.17 bits per heavy atom. The highest BCUT2D eigenvalue weighted by atomic mass is 35.5. The van der Waals surface area contributed by atoms with E-state index in [2.05, 4.69) is 11.8 Å². The number of benzene rings is 1. The number of unbranched alkanes of at least 4 members (excludes halogenated alkanes) is 1. The van der Waals surface area contributed by atoms with E-state index < -0.39 is 6.10 Å². The number of ether oxygens (including phenoxy) is 2. The number of phenolic OH excluding ortho intramolecular Hbond substituents is 1. The van der Waals surface area contributed by atoms with E-state index in [9.17, 15) is 9.90 Å². The minimum atomic E-state index is -0.419. The zero-order valence-electron chi connectivity index (χ0n) is 17.7. The summed E-state index contributed by atoms with van der Waals surface area (Å²) in [6.07, 6.45) is 7.85. The maximum Gasteiger partial charge on any atom is 0.174 e. The van der Waals surface area contributed by atoms with E-state index in [1.54, 1.807) is 6.07 Å². The second kappa shape index (κ2) is 7.30. The van der Waals surface area contributed by atoms with Gasteiger partial charge in [-0.05, 0) is 56.9 Å². The summed E-state index contributed by atoms with van der Waals surface area (Å²) in [5.74, 6) is 3.05. The largest absolute Gasteiger partial charge is 0.504 e. The van der Waals surface area contributed by atoms with Crippen molar-refractivity contribution in [2.45, 2.75) is 75.9 Å². The topological polar surface area (TPSA) is 59.0 Å². The predicted molar refractivity (Wildman–Crippen MR) is 116 cm³/mol. The number of carbonyl (C=O) groups is 1. The van der Waals surface area contributed by atoms with Gasteiger partial charge in [0.1, 0.15) is 5.75 Å². The third-order valence-corrected chi connectivity index (χ3v) is 8.26. The number of halogens is 1. The molecule has 0 aromatic heterocycles. The normalized spacial score (nSPS) is 33.5. The summed E-state index contributed by atoms with van der Waals surface area (Å²) < 4.78 is 12.4. The van der Waals surface area contributed by atoms with Crippen molar-refractivity contribution in [3.8, 4) is 17.2 Å². The maximum atomic E-state index is 12.9. The summed E-state index contributed by atoms with van der Waals surface area (Å²) in [6, 6.07) is 2.20. The van der Waals surface area contributed by atoms with Gasteiger partial charge in [-0.2, -0.15) is 0 Å². The first-order valence-electron chi connectivity index (χ1n) is 11.6. The number of Topliss-reactive ketones (excluding diaryl/α,β-unsaturated/α-hetero) is 1. The molecule has 1 saturated heterocycles. The van der Waals surface area contributed by atoms with Crippen LogP contribution in [-0.2, 0) is 16.6 Å². The Labute approximate surface area is 184 Å². The third kappa shape index (κ3) is 2.74. The van der Waals surface area contributed by atoms with Gasteiger partial charge < -0.3 is 14.6 Å². The van der Waals surface area contributed by atoms with Gasteiger partial charge in [0.25, 0.3) is 0 Å². The van der Waals surface area contributed by atoms with Crippen molar-refractivity contribution in [3.05, 3.63) is 17.2 Å². The van der Waals surface area contributed by atoms with E-state index in [4.69, 9.17) is 9.47 Å². The predicted octanol–water partition coefficient (Wildman–Crippen LogP) is 4.01. The molecule has 1 N–H and O–H groups in total. The third-order valence-electron chi connectivity index (χ3n) is 8.26. The zero-order chi connectivity index (χ0) is 19.8. The summed E-state index contributed by atoms with van der Waals surface area (Å²) in [6.45, 7) is 5.05. The number of hydrogen-bond acceptors (Lipinski definition) is 5. The van der Waals surface area contributed by atoms with Gasteiger partial charge in [0.05, 0.1) is 6.61 Å². The summed E-state index contributed by atoms with van der Waals surface area (Å²) in [5.41, 5.74) is 2.06. The van der Waals surface area contributed by atoms with Crippen LogP contribution in [0, 0.1) is 11.8 Å². The van der Waals surface area contributed by atoms with E-state index in [1.165, 1.54) is 24.9 Å². The highest BCUT2D eigenvalue weighted by Crippen LogP contribution is 2.64. The van der Waals surface area contributed by atoms with Crippen LogP contribution in [0.5, 0.6) is 17.2 Å². The van der Waals surface area contributed by atoms with Gasteiger partial charge in [-0.15, -0.1) is 12.4 Å². The molecule has 5 nitrogen and oxygen atoms in total. The lowest BCUT2D eigenvalue weighted by atomic mass is 9.51. The smallest absolute Gasteiger partial charge is 0.174 e. The van der Waals surface area contributed by atoms with Crippen molar-refractivity contribution in [3.63, 3.8) is 0 Å². The van der Waals surface area contributed by atoms with Crippen molar-refractivity contribution in [2.24, 2.45) is 11.8 Å². The summed E-state index contributed by atoms with van der Waals surface area (Å²) in [4.78, 5) is 15.7. The molecule has 1 aromatic carbocycles. The van der Waals surface area contributed by atoms with Crippen LogP contribution in [-0.4, -0.2) is 47.6 Å². The SMILES string of the molecule is CCCCOc1cc(O)c2c3c1C[C@@H]1[C@@H]4CCC(=O)[C@H](O2)[C@]34CCN1CC1CC1.Cl. The van der Waals surface area contributed by atoms with Gasteiger partial charge in [0.15, 0.2) is 23.4 Å². The van der Waals surface area contributed by atoms with Gasteiger partial charge in [0, 0.05) is 41.6 Å². The van der Waals surface area contributed by atoms with Crippen molar-refractivity contribution >= 4 is 18.2 Å². The maximum absolute atomic E-state index is 12.9. The highest BCUT2D eigenvalue weighted by molar-refractivity contribution is 5.89. The van der Waals surface area contributed by atoms with Gasteiger partial charge in [0.2, 0.25) is 0 Å². The lowest BCUT2D eigenvalue weighted by Gasteiger charge is -2.57. The Hall–Kier alpha value is -1.46. The molecule has 2 saturated carbocycles. The number of nitrogens with zero attached hydrogens (tertiary/aromatic N) is 1. The molecule has 2 aliphatic heterocycles. The fraction of sp³-hybridized carbons (Fsp3) is 0.708. The number of likely N-dealkylation sites (tertiary alicyclic amines) is 1. The first-order valence-corrected chi connectivity index (χ1v) is 11.6. The fourth-order valence-electron chi connectivity index (χ4n) is 6.77. The number of ketones is 1. The zero-order valence-corrected chi connectivity index (χ0v) is 18.5. The van der Waals surface area contributed by atoms with Crippen molar-refractivity contribution in [2.75, 3.05) is 19.7 Å². The second-order valence-electron chi connectivity index (χ2n) is 9.89. The quantitative estimate of drug-likeness (QED) is 0.687. The molecule has 3 aliphatic carbocycles. The molecule has 2 bridgehead atoms. The molecule has 4 atom stereocenters. The number of hydrogen-bond donors (Lipinski definition) is 1. The molecular formula is C24H32ClNO4. The Morgan fingerprint density at radius 1 is 1.33 bits per heavy atom. The molecular weight excluding hydrogens is 402 g/mol. The molecule has 1 spiro atoms. The molecule has 5 aliphatic rings. The number of phenols is 1. The van der Waals surface area contributed by atoms with Gasteiger partial charge >= 0.3 is 0 Å². The number of piperidine rings is 1. The Morgan fingerprint density at radius 3 is 2.93 bits per heavy atom. The number of aromatic hydroxyl groups is 1. The fourth-order valence-corrected chi connectivity index (χ4v) is 6.77. The molecule has 0 radical (unpaired) electrons. The molecule has 0 amide bonds. The molecule has 6 rings (SSSR count). The summed E-state index contributed by atoms with van der Waals surface area (Å²) >= 11 is 0. The lowest BCUT2D eigenvalue weighted by molar-refractivity contribution is -0.138. The molecule has 3 fully saturated rings. The van der Waals surface area contributed by atoms with Crippen LogP contribution in [0.1, 0.15) is 63.0 Å². The summed E-state index contributed by atoms with van der Waals surface area (Å²) in [5, 5.41) is 10.8. The van der Waals surface area contributed by atoms with Crippen LogP contribution < -0.4 is 9.47 Å². The molecule has 0 unspecified atom stereocenters. The van der Waals surface area contributed by atoms with Crippen LogP contribution in [0.2, 0.25) is 0 Å². The first-order chi connectivity index (χ1) is 14.1. The van der Waals surface area contributed by atoms with Crippen LogP contribution in [0.3, 0.4) is 0 Å². The molecule has 30 heavy (non-hydrogen) atoms. The Bertz CT molecular complexity index is 869. The molecule has 2 heterocycles. The number of rotatable bonds is 6. The van der Waals surface area contributed by atoms with E-state index in [0.29, 0.717) is 30.7 Å². The van der Waals surface area contributed by atoms with E-state index in [0.717, 1.165) is 55.9 Å². The monoisotopic (exact) mass is 433 g/mol. The van der Waals surface area contributed by atoms with Crippen LogP contribution in [0.4, 0.5) is 0 Å². The molecule has 1 aromatic rings. The van der Waals surface area contributed by atoms with Crippen molar-refractivity contribution in [1.29, 1.82) is 0 Å². The summed E-state index contributed by atoms with van der Waals surface area (Å²) in [7, 11) is 0. The first kappa shape index (κ1) is 20.4. The van der Waals surface area contributed by atoms with Gasteiger partial charge in [-0.3, -0.25) is 9.69 Å². The number of carbonyl (C=O) groups excluding carboxylic acids is 1. The van der Waals surface area contributed by atoms with Gasteiger partial charge in [-0.1, -0.05) is 13.3 Å². The van der Waals surface area contributed by atoms with E-state index >= 15 is 0 Å². The van der Waals surface area contributed by atoms with Crippen molar-refractivity contribution < 1.29 is 19.4 Å². The highest BCUT2D eigenvalue weighted by Gasteiger charge is 2.66. The van der Waals surface area contributed by atoms with Crippen LogP contribution >= 0.6 is 12.4 Å². The lowest BCUT2D eigenvalue weighted by Crippen LogP contribution is -2.66. The minimum absolute atomic E-state index is 0. The second-order valence-corrected chi connectivity index (χ2v) is 9.89. The average Bonchev–Trinajstić information content (AvgIpc) is 3.45. The van der Waals surface area contributed by atoms with Crippen LogP contribution in [0.15, 0.2) is 6.07 Å². The van der Waals surface area contributed by atoms with Gasteiger partial charge in [-0.25, -0.2) is 0 Å². The van der Waals surface area contributed by atoms with E-state index in [1.807, 2.05) is 0 Å². The standard InChI is InChI=1S/C24H31NO4.ClH/c1-2-3-10-28-20-12-19(27)22-21-15(20)11-17-16-6-7-18(26)23(29-22)24(16,21)8-9-25(17)13-14-4-5-14;/h12,14,16-17,23,27H,2-11,13H2,1H3;1H/t16-,17+,23-,24-;/m0./s1. The van der Waals surface area contributed by atoms with Crippen molar-refractivity contribution in [1.82, 2.24) is 4.90 Å².